The summed E-state index contributed by atoms with van der Waals surface area (Å²) in [6.07, 6.45) is 4.70. The van der Waals surface area contributed by atoms with Gasteiger partial charge in [-0.15, -0.1) is 0 Å². The van der Waals surface area contributed by atoms with Crippen LogP contribution in [0.5, 0.6) is 0 Å². The number of aromatic nitrogens is 2. The summed E-state index contributed by atoms with van der Waals surface area (Å²) in [5, 5.41) is 4.65. The molecule has 4 nitrogen and oxygen atoms in total. The zero-order valence-electron chi connectivity index (χ0n) is 12.5. The number of nitrogens with zero attached hydrogens (tertiary/aromatic N) is 2. The van der Waals surface area contributed by atoms with Gasteiger partial charge in [0.05, 0.1) is 22.8 Å². The van der Waals surface area contributed by atoms with E-state index in [-0.39, 0.29) is 18.3 Å². The maximum Gasteiger partial charge on any atom is 0.516 e. The lowest BCUT2D eigenvalue weighted by atomic mass is 9.85. The summed E-state index contributed by atoms with van der Waals surface area (Å²) in [6.45, 7) is 10.5. The van der Waals surface area contributed by atoms with Crippen LogP contribution in [0.25, 0.3) is 0 Å². The van der Waals surface area contributed by atoms with Crippen LogP contribution < -0.4 is 5.59 Å². The Bertz CT molecular complexity index is 464. The summed E-state index contributed by atoms with van der Waals surface area (Å²) in [5.74, 6) is 0.797. The first-order valence-corrected chi connectivity index (χ1v) is 7.21. The maximum atomic E-state index is 6.02. The minimum absolute atomic E-state index is 0.302. The van der Waals surface area contributed by atoms with E-state index in [0.29, 0.717) is 6.04 Å². The average Bonchev–Trinajstić information content (AvgIpc) is 2.98. The highest BCUT2D eigenvalue weighted by Crippen LogP contribution is 2.39. The molecule has 1 unspecified atom stereocenters. The van der Waals surface area contributed by atoms with Crippen LogP contribution in [-0.4, -0.2) is 28.1 Å². The van der Waals surface area contributed by atoms with Crippen LogP contribution >= 0.6 is 0 Å². The van der Waals surface area contributed by atoms with Gasteiger partial charge in [-0.1, -0.05) is 0 Å². The molecule has 0 radical (unpaired) electrons. The molecule has 1 aromatic heterocycles. The molecule has 0 bridgehead atoms. The number of hydrogen-bond donors (Lipinski definition) is 0. The lowest BCUT2D eigenvalue weighted by molar-refractivity contribution is 0.00578. The van der Waals surface area contributed by atoms with E-state index in [1.165, 1.54) is 12.8 Å². The lowest BCUT2D eigenvalue weighted by Gasteiger charge is -2.32. The quantitative estimate of drug-likeness (QED) is 0.783. The van der Waals surface area contributed by atoms with Crippen molar-refractivity contribution in [2.24, 2.45) is 5.92 Å². The molecule has 0 spiro atoms. The third-order valence-corrected chi connectivity index (χ3v) is 4.85. The van der Waals surface area contributed by atoms with Crippen LogP contribution in [0.2, 0.25) is 0 Å². The van der Waals surface area contributed by atoms with E-state index < -0.39 is 0 Å². The minimum atomic E-state index is -0.349. The largest absolute Gasteiger partial charge is 0.516 e. The monoisotopic (exact) mass is 262 g/mol. The predicted octanol–water partition coefficient (Wildman–Crippen LogP) is 2.15. The standard InChI is InChI=1S/C14H23BN2O2/c1-10(11-6-7-11)17-9-8-12(16-17)15-18-13(2,3)14(4,5)19-15/h8-11H,6-7H2,1-5H3. The Labute approximate surface area is 115 Å². The number of hydrogen-bond acceptors (Lipinski definition) is 3. The molecule has 1 aliphatic heterocycles. The predicted molar refractivity (Wildman–Crippen MR) is 75.4 cm³/mol. The van der Waals surface area contributed by atoms with E-state index in [2.05, 4.69) is 44.4 Å². The second kappa shape index (κ2) is 4.09. The molecular formula is C14H23BN2O2. The van der Waals surface area contributed by atoms with E-state index in [4.69, 9.17) is 9.31 Å². The van der Waals surface area contributed by atoms with Crippen molar-refractivity contribution < 1.29 is 9.31 Å². The van der Waals surface area contributed by atoms with Gasteiger partial charge in [0.1, 0.15) is 0 Å². The summed E-state index contributed by atoms with van der Waals surface area (Å²) in [4.78, 5) is 0. The molecule has 2 fully saturated rings. The molecule has 19 heavy (non-hydrogen) atoms. The highest BCUT2D eigenvalue weighted by Gasteiger charge is 2.52. The Hall–Kier alpha value is -0.805. The van der Waals surface area contributed by atoms with Crippen molar-refractivity contribution in [2.45, 2.75) is 64.7 Å². The van der Waals surface area contributed by atoms with Crippen molar-refractivity contribution in [1.29, 1.82) is 0 Å². The Kier molecular flexibility index (Phi) is 2.84. The third kappa shape index (κ3) is 2.23. The fourth-order valence-electron chi connectivity index (χ4n) is 2.46. The smallest absolute Gasteiger partial charge is 0.398 e. The van der Waals surface area contributed by atoms with Crippen LogP contribution in [-0.2, 0) is 9.31 Å². The molecule has 3 rings (SSSR count). The molecule has 1 saturated heterocycles. The Morgan fingerprint density at radius 1 is 1.26 bits per heavy atom. The first-order chi connectivity index (χ1) is 8.80. The second-order valence-corrected chi connectivity index (χ2v) is 6.89. The van der Waals surface area contributed by atoms with E-state index in [0.717, 1.165) is 11.5 Å². The summed E-state index contributed by atoms with van der Waals surface area (Å²) in [7, 11) is -0.349. The van der Waals surface area contributed by atoms with Crippen LogP contribution in [0.4, 0.5) is 0 Å². The summed E-state index contributed by atoms with van der Waals surface area (Å²) in [6, 6.07) is 2.50. The molecule has 1 saturated carbocycles. The van der Waals surface area contributed by atoms with Gasteiger partial charge in [0.15, 0.2) is 0 Å². The average molecular weight is 262 g/mol. The first kappa shape index (κ1) is 13.2. The molecule has 1 atom stereocenters. The SMILES string of the molecule is CC(C1CC1)n1ccc(B2OC(C)(C)C(C)(C)O2)n1. The zero-order chi connectivity index (χ0) is 13.8. The summed E-state index contributed by atoms with van der Waals surface area (Å²) >= 11 is 0. The van der Waals surface area contributed by atoms with E-state index in [1.807, 2.05) is 12.3 Å². The van der Waals surface area contributed by atoms with Crippen LogP contribution in [0.1, 0.15) is 53.5 Å². The normalized spacial score (nSPS) is 26.7. The van der Waals surface area contributed by atoms with Crippen molar-refractivity contribution >= 4 is 12.7 Å². The van der Waals surface area contributed by atoms with Crippen molar-refractivity contribution in [3.05, 3.63) is 12.3 Å². The highest BCUT2D eigenvalue weighted by atomic mass is 16.7. The minimum Gasteiger partial charge on any atom is -0.398 e. The Morgan fingerprint density at radius 3 is 2.37 bits per heavy atom. The van der Waals surface area contributed by atoms with Crippen LogP contribution in [0.15, 0.2) is 12.3 Å². The summed E-state index contributed by atoms with van der Waals surface area (Å²) < 4.78 is 14.1. The molecular weight excluding hydrogens is 239 g/mol. The summed E-state index contributed by atoms with van der Waals surface area (Å²) in [5.41, 5.74) is 0.277. The van der Waals surface area contributed by atoms with Gasteiger partial charge in [0.25, 0.3) is 0 Å². The van der Waals surface area contributed by atoms with E-state index >= 15 is 0 Å². The second-order valence-electron chi connectivity index (χ2n) is 6.89. The van der Waals surface area contributed by atoms with Crippen LogP contribution in [0.3, 0.4) is 0 Å². The maximum absolute atomic E-state index is 6.02. The molecule has 2 heterocycles. The van der Waals surface area contributed by atoms with Crippen molar-refractivity contribution in [2.75, 3.05) is 0 Å². The third-order valence-electron chi connectivity index (χ3n) is 4.85. The van der Waals surface area contributed by atoms with Gasteiger partial charge in [-0.05, 0) is 59.4 Å². The Balaban J connectivity index is 1.77. The molecule has 2 aliphatic rings. The molecule has 104 valence electrons. The van der Waals surface area contributed by atoms with Gasteiger partial charge in [-0.2, -0.15) is 5.10 Å². The van der Waals surface area contributed by atoms with Gasteiger partial charge in [0.2, 0.25) is 0 Å². The van der Waals surface area contributed by atoms with Crippen molar-refractivity contribution in [3.8, 4) is 0 Å². The molecule has 0 aromatic carbocycles. The van der Waals surface area contributed by atoms with Gasteiger partial charge in [-0.25, -0.2) is 0 Å². The number of rotatable bonds is 3. The lowest BCUT2D eigenvalue weighted by Crippen LogP contribution is -2.41. The molecule has 1 aromatic rings. The molecule has 0 amide bonds. The topological polar surface area (TPSA) is 36.3 Å². The van der Waals surface area contributed by atoms with Crippen molar-refractivity contribution in [1.82, 2.24) is 9.78 Å². The van der Waals surface area contributed by atoms with Gasteiger partial charge in [-0.3, -0.25) is 4.68 Å². The molecule has 5 heteroatoms. The molecule has 0 N–H and O–H groups in total. The zero-order valence-corrected chi connectivity index (χ0v) is 12.5. The molecule has 1 aliphatic carbocycles. The highest BCUT2D eigenvalue weighted by molar-refractivity contribution is 6.61. The van der Waals surface area contributed by atoms with E-state index in [9.17, 15) is 0 Å². The van der Waals surface area contributed by atoms with Crippen molar-refractivity contribution in [3.63, 3.8) is 0 Å². The fourth-order valence-corrected chi connectivity index (χ4v) is 2.46. The fraction of sp³-hybridized carbons (Fsp3) is 0.786. The van der Waals surface area contributed by atoms with Gasteiger partial charge in [0, 0.05) is 6.20 Å². The first-order valence-electron chi connectivity index (χ1n) is 7.21. The van der Waals surface area contributed by atoms with E-state index in [1.54, 1.807) is 0 Å². The Morgan fingerprint density at radius 2 is 1.84 bits per heavy atom. The van der Waals surface area contributed by atoms with Crippen LogP contribution in [0, 0.1) is 5.92 Å². The van der Waals surface area contributed by atoms with Gasteiger partial charge < -0.3 is 9.31 Å². The van der Waals surface area contributed by atoms with Gasteiger partial charge >= 0.3 is 7.12 Å².